The van der Waals surface area contributed by atoms with E-state index in [2.05, 4.69) is 10.6 Å². The number of carboxylic acid groups (broad SMARTS) is 1. The van der Waals surface area contributed by atoms with Crippen molar-refractivity contribution < 1.29 is 19.4 Å². The second-order valence-corrected chi connectivity index (χ2v) is 5.29. The van der Waals surface area contributed by atoms with E-state index in [0.717, 1.165) is 37.4 Å². The average molecular weight is 306 g/mol. The Bertz CT molecular complexity index is 531. The summed E-state index contributed by atoms with van der Waals surface area (Å²) in [7, 11) is 0. The predicted molar refractivity (Wildman–Crippen MR) is 83.7 cm³/mol. The summed E-state index contributed by atoms with van der Waals surface area (Å²) in [6.07, 6.45) is 2.62. The molecule has 0 aliphatic carbocycles. The van der Waals surface area contributed by atoms with Crippen molar-refractivity contribution in [3.05, 3.63) is 23.8 Å². The summed E-state index contributed by atoms with van der Waals surface area (Å²) < 4.78 is 5.48. The van der Waals surface area contributed by atoms with Gasteiger partial charge in [0.25, 0.3) is 0 Å². The van der Waals surface area contributed by atoms with Gasteiger partial charge in [0.05, 0.1) is 12.2 Å². The van der Waals surface area contributed by atoms with E-state index < -0.39 is 5.97 Å². The van der Waals surface area contributed by atoms with Gasteiger partial charge in [0.2, 0.25) is 0 Å². The number of carbonyl (C=O) groups is 2. The van der Waals surface area contributed by atoms with Gasteiger partial charge >= 0.3 is 5.97 Å². The lowest BCUT2D eigenvalue weighted by atomic mass is 10.1. The molecule has 120 valence electrons. The second-order valence-electron chi connectivity index (χ2n) is 5.29. The van der Waals surface area contributed by atoms with Gasteiger partial charge < -0.3 is 20.5 Å². The number of hydrogen-bond donors (Lipinski definition) is 3. The molecule has 2 rings (SSSR count). The highest BCUT2D eigenvalue weighted by Crippen LogP contribution is 2.28. The van der Waals surface area contributed by atoms with Crippen LogP contribution in [0.2, 0.25) is 0 Å². The molecule has 6 heteroatoms. The SMILES string of the molecule is O=C(O)CCCCCNCC(=O)c1ccc2c(c1)NCCO2. The number of benzene rings is 1. The number of carboxylic acids is 1. The Hall–Kier alpha value is -2.08. The normalized spacial score (nSPS) is 12.9. The smallest absolute Gasteiger partial charge is 0.303 e. The molecule has 1 aliphatic rings. The average Bonchev–Trinajstić information content (AvgIpc) is 2.53. The van der Waals surface area contributed by atoms with Crippen molar-refractivity contribution in [2.45, 2.75) is 25.7 Å². The molecule has 0 aromatic heterocycles. The molecular formula is C16H22N2O4. The van der Waals surface area contributed by atoms with E-state index in [1.165, 1.54) is 0 Å². The monoisotopic (exact) mass is 306 g/mol. The van der Waals surface area contributed by atoms with Crippen molar-refractivity contribution in [1.82, 2.24) is 5.32 Å². The topological polar surface area (TPSA) is 87.7 Å². The predicted octanol–water partition coefficient (Wildman–Crippen LogP) is 1.91. The van der Waals surface area contributed by atoms with Gasteiger partial charge in [-0.1, -0.05) is 6.42 Å². The summed E-state index contributed by atoms with van der Waals surface area (Å²) in [4.78, 5) is 22.5. The van der Waals surface area contributed by atoms with Crippen molar-refractivity contribution in [1.29, 1.82) is 0 Å². The Morgan fingerprint density at radius 3 is 2.95 bits per heavy atom. The zero-order valence-corrected chi connectivity index (χ0v) is 12.6. The molecule has 0 spiro atoms. The highest BCUT2D eigenvalue weighted by atomic mass is 16.5. The molecule has 1 aromatic rings. The summed E-state index contributed by atoms with van der Waals surface area (Å²) in [5, 5.41) is 14.8. The molecule has 0 amide bonds. The summed E-state index contributed by atoms with van der Waals surface area (Å²) in [5.74, 6) is 0.0723. The number of Topliss-reactive ketones (excluding diaryl/α,β-unsaturated/α-hetero) is 1. The maximum atomic E-state index is 12.1. The Labute approximate surface area is 129 Å². The van der Waals surface area contributed by atoms with Crippen molar-refractivity contribution in [2.75, 3.05) is 31.6 Å². The van der Waals surface area contributed by atoms with Crippen LogP contribution in [-0.4, -0.2) is 43.1 Å². The number of unbranched alkanes of at least 4 members (excludes halogenated alkanes) is 2. The number of anilines is 1. The molecule has 1 heterocycles. The van der Waals surface area contributed by atoms with Crippen LogP contribution in [0.3, 0.4) is 0 Å². The third-order valence-corrected chi connectivity index (χ3v) is 3.51. The van der Waals surface area contributed by atoms with E-state index in [9.17, 15) is 9.59 Å². The molecule has 0 bridgehead atoms. The number of carbonyl (C=O) groups excluding carboxylic acids is 1. The van der Waals surface area contributed by atoms with Crippen LogP contribution >= 0.6 is 0 Å². The standard InChI is InChI=1S/C16H22N2O4/c19-14(11-17-7-3-1-2-4-16(20)21)12-5-6-15-13(10-12)18-8-9-22-15/h5-6,10,17-18H,1-4,7-9,11H2,(H,20,21). The number of fused-ring (bicyclic) bond motifs is 1. The fraction of sp³-hybridized carbons (Fsp3) is 0.500. The van der Waals surface area contributed by atoms with Crippen molar-refractivity contribution in [3.63, 3.8) is 0 Å². The molecule has 6 nitrogen and oxygen atoms in total. The van der Waals surface area contributed by atoms with Crippen LogP contribution in [0.25, 0.3) is 0 Å². The fourth-order valence-electron chi connectivity index (χ4n) is 2.32. The Morgan fingerprint density at radius 1 is 1.27 bits per heavy atom. The van der Waals surface area contributed by atoms with E-state index in [0.29, 0.717) is 25.1 Å². The molecular weight excluding hydrogens is 284 g/mol. The summed E-state index contributed by atoms with van der Waals surface area (Å²) >= 11 is 0. The number of ketones is 1. The zero-order chi connectivity index (χ0) is 15.8. The summed E-state index contributed by atoms with van der Waals surface area (Å²) in [6, 6.07) is 5.43. The van der Waals surface area contributed by atoms with E-state index in [1.54, 1.807) is 6.07 Å². The maximum absolute atomic E-state index is 12.1. The number of hydrogen-bond acceptors (Lipinski definition) is 5. The molecule has 0 fully saturated rings. The Balaban J connectivity index is 1.68. The Kier molecular flexibility index (Phi) is 6.21. The zero-order valence-electron chi connectivity index (χ0n) is 12.6. The molecule has 0 atom stereocenters. The maximum Gasteiger partial charge on any atom is 0.303 e. The van der Waals surface area contributed by atoms with Gasteiger partial charge in [-0.05, 0) is 37.6 Å². The second kappa shape index (κ2) is 8.38. The molecule has 3 N–H and O–H groups in total. The van der Waals surface area contributed by atoms with E-state index in [4.69, 9.17) is 9.84 Å². The summed E-state index contributed by atoms with van der Waals surface area (Å²) in [5.41, 5.74) is 1.53. The Morgan fingerprint density at radius 2 is 2.14 bits per heavy atom. The molecule has 22 heavy (non-hydrogen) atoms. The van der Waals surface area contributed by atoms with Gasteiger partial charge in [0.1, 0.15) is 12.4 Å². The summed E-state index contributed by atoms with van der Waals surface area (Å²) in [6.45, 7) is 2.40. The highest BCUT2D eigenvalue weighted by molar-refractivity contribution is 5.98. The minimum absolute atomic E-state index is 0.0423. The first-order valence-electron chi connectivity index (χ1n) is 7.63. The first-order chi connectivity index (χ1) is 10.7. The van der Waals surface area contributed by atoms with Crippen LogP contribution in [0.15, 0.2) is 18.2 Å². The van der Waals surface area contributed by atoms with Crippen LogP contribution in [-0.2, 0) is 4.79 Å². The largest absolute Gasteiger partial charge is 0.490 e. The number of ether oxygens (including phenoxy) is 1. The lowest BCUT2D eigenvalue weighted by Crippen LogP contribution is -2.24. The molecule has 0 radical (unpaired) electrons. The van der Waals surface area contributed by atoms with Crippen molar-refractivity contribution in [3.8, 4) is 5.75 Å². The third-order valence-electron chi connectivity index (χ3n) is 3.51. The molecule has 1 aromatic carbocycles. The molecule has 1 aliphatic heterocycles. The van der Waals surface area contributed by atoms with Crippen LogP contribution in [0.4, 0.5) is 5.69 Å². The number of aliphatic carboxylic acids is 1. The van der Waals surface area contributed by atoms with Crippen LogP contribution in [0, 0.1) is 0 Å². The van der Waals surface area contributed by atoms with E-state index in [-0.39, 0.29) is 12.2 Å². The number of rotatable bonds is 9. The van der Waals surface area contributed by atoms with E-state index in [1.807, 2.05) is 12.1 Å². The lowest BCUT2D eigenvalue weighted by Gasteiger charge is -2.19. The van der Waals surface area contributed by atoms with Crippen LogP contribution in [0.1, 0.15) is 36.0 Å². The third kappa shape index (κ3) is 5.04. The van der Waals surface area contributed by atoms with Gasteiger partial charge in [-0.15, -0.1) is 0 Å². The van der Waals surface area contributed by atoms with Gasteiger partial charge in [0, 0.05) is 18.5 Å². The van der Waals surface area contributed by atoms with E-state index >= 15 is 0 Å². The fourth-order valence-corrected chi connectivity index (χ4v) is 2.32. The van der Waals surface area contributed by atoms with Gasteiger partial charge in [-0.2, -0.15) is 0 Å². The quantitative estimate of drug-likeness (QED) is 0.477. The molecule has 0 unspecified atom stereocenters. The minimum atomic E-state index is -0.756. The minimum Gasteiger partial charge on any atom is -0.490 e. The van der Waals surface area contributed by atoms with Gasteiger partial charge in [-0.3, -0.25) is 9.59 Å². The first kappa shape index (κ1) is 16.3. The molecule has 0 saturated heterocycles. The number of nitrogens with one attached hydrogen (secondary N) is 2. The van der Waals surface area contributed by atoms with Crippen LogP contribution in [0.5, 0.6) is 5.75 Å². The van der Waals surface area contributed by atoms with Gasteiger partial charge in [0.15, 0.2) is 5.78 Å². The molecule has 0 saturated carbocycles. The highest BCUT2D eigenvalue weighted by Gasteiger charge is 2.13. The van der Waals surface area contributed by atoms with Crippen molar-refractivity contribution in [2.24, 2.45) is 0 Å². The first-order valence-corrected chi connectivity index (χ1v) is 7.63. The lowest BCUT2D eigenvalue weighted by molar-refractivity contribution is -0.137. The van der Waals surface area contributed by atoms with Crippen LogP contribution < -0.4 is 15.4 Å². The van der Waals surface area contributed by atoms with Crippen molar-refractivity contribution >= 4 is 17.4 Å². The van der Waals surface area contributed by atoms with Gasteiger partial charge in [-0.25, -0.2) is 0 Å².